The number of phenolic OH excluding ortho intramolecular Hbond substituents is 1. The van der Waals surface area contributed by atoms with E-state index in [1.165, 1.54) is 18.2 Å². The van der Waals surface area contributed by atoms with Gasteiger partial charge in [0.05, 0.1) is 15.2 Å². The van der Waals surface area contributed by atoms with Crippen molar-refractivity contribution in [3.8, 4) is 5.75 Å². The number of phenols is 1. The lowest BCUT2D eigenvalue weighted by Crippen LogP contribution is -1.93. The second kappa shape index (κ2) is 3.71. The lowest BCUT2D eigenvalue weighted by Gasteiger charge is -2.02. The fourth-order valence-electron chi connectivity index (χ4n) is 1.67. The van der Waals surface area contributed by atoms with Gasteiger partial charge in [-0.2, -0.15) is 0 Å². The minimum absolute atomic E-state index is 0.0456. The fourth-order valence-corrected chi connectivity index (χ4v) is 1.67. The van der Waals surface area contributed by atoms with Gasteiger partial charge in [0.1, 0.15) is 11.1 Å². The normalized spacial score (nSPS) is 10.4. The summed E-state index contributed by atoms with van der Waals surface area (Å²) in [6.45, 7) is 0. The van der Waals surface area contributed by atoms with Crippen molar-refractivity contribution in [2.45, 2.75) is 0 Å². The fraction of sp³-hybridized carbons (Fsp3) is 0. The van der Waals surface area contributed by atoms with Crippen LogP contribution in [-0.2, 0) is 0 Å². The van der Waals surface area contributed by atoms with Crippen LogP contribution in [0.1, 0.15) is 0 Å². The standard InChI is InChI=1S/C10H6N2O5/c13-9-5-4-7(11(14)15)6-2-1-3-8(10(6)9)12(16)17/h1-5,13H. The zero-order valence-electron chi connectivity index (χ0n) is 8.36. The van der Waals surface area contributed by atoms with Gasteiger partial charge in [-0.1, -0.05) is 6.07 Å². The van der Waals surface area contributed by atoms with E-state index in [1.54, 1.807) is 0 Å². The molecule has 0 aliphatic heterocycles. The molecule has 0 aliphatic rings. The summed E-state index contributed by atoms with van der Waals surface area (Å²) in [4.78, 5) is 20.2. The van der Waals surface area contributed by atoms with Crippen molar-refractivity contribution in [1.29, 1.82) is 0 Å². The van der Waals surface area contributed by atoms with Crippen LogP contribution in [0.25, 0.3) is 10.8 Å². The number of fused-ring (bicyclic) bond motifs is 1. The van der Waals surface area contributed by atoms with Crippen LogP contribution in [0.4, 0.5) is 11.4 Å². The van der Waals surface area contributed by atoms with E-state index in [0.717, 1.165) is 12.1 Å². The van der Waals surface area contributed by atoms with Crippen molar-refractivity contribution in [3.05, 3.63) is 50.6 Å². The van der Waals surface area contributed by atoms with Crippen molar-refractivity contribution < 1.29 is 15.0 Å². The molecule has 2 rings (SSSR count). The van der Waals surface area contributed by atoms with E-state index >= 15 is 0 Å². The Hall–Kier alpha value is -2.70. The third kappa shape index (κ3) is 1.63. The molecule has 0 heterocycles. The Balaban J connectivity index is 2.95. The number of nitrogens with zero attached hydrogens (tertiary/aromatic N) is 2. The van der Waals surface area contributed by atoms with E-state index < -0.39 is 9.85 Å². The van der Waals surface area contributed by atoms with Gasteiger partial charge in [-0.25, -0.2) is 0 Å². The molecule has 7 nitrogen and oxygen atoms in total. The van der Waals surface area contributed by atoms with Crippen molar-refractivity contribution in [2.75, 3.05) is 0 Å². The average molecular weight is 234 g/mol. The largest absolute Gasteiger partial charge is 0.507 e. The zero-order chi connectivity index (χ0) is 12.6. The number of nitro benzene ring substituents is 2. The second-order valence-corrected chi connectivity index (χ2v) is 3.32. The number of benzene rings is 2. The average Bonchev–Trinajstić information content (AvgIpc) is 2.28. The molecular weight excluding hydrogens is 228 g/mol. The monoisotopic (exact) mass is 234 g/mol. The van der Waals surface area contributed by atoms with Crippen LogP contribution >= 0.6 is 0 Å². The molecule has 0 saturated carbocycles. The predicted molar refractivity (Wildman–Crippen MR) is 58.9 cm³/mol. The molecule has 0 fully saturated rings. The van der Waals surface area contributed by atoms with E-state index in [2.05, 4.69) is 0 Å². The van der Waals surface area contributed by atoms with Crippen LogP contribution in [0.15, 0.2) is 30.3 Å². The molecule has 0 atom stereocenters. The maximum absolute atomic E-state index is 10.8. The number of non-ortho nitro benzene ring substituents is 2. The zero-order valence-corrected chi connectivity index (χ0v) is 8.36. The van der Waals surface area contributed by atoms with Crippen molar-refractivity contribution >= 4 is 22.1 Å². The first-order valence-electron chi connectivity index (χ1n) is 4.56. The maximum atomic E-state index is 10.8. The molecule has 2 aromatic carbocycles. The summed E-state index contributed by atoms with van der Waals surface area (Å²) >= 11 is 0. The van der Waals surface area contributed by atoms with E-state index in [-0.39, 0.29) is 27.9 Å². The van der Waals surface area contributed by atoms with Crippen molar-refractivity contribution in [2.24, 2.45) is 0 Å². The highest BCUT2D eigenvalue weighted by Crippen LogP contribution is 2.37. The van der Waals surface area contributed by atoms with Gasteiger partial charge in [-0.05, 0) is 12.1 Å². The van der Waals surface area contributed by atoms with Crippen LogP contribution in [0.5, 0.6) is 5.75 Å². The highest BCUT2D eigenvalue weighted by Gasteiger charge is 2.21. The molecule has 0 radical (unpaired) electrons. The number of nitro groups is 2. The summed E-state index contributed by atoms with van der Waals surface area (Å²) in [5.41, 5.74) is -0.634. The van der Waals surface area contributed by atoms with Gasteiger partial charge >= 0.3 is 0 Å². The molecule has 2 aromatic rings. The lowest BCUT2D eigenvalue weighted by molar-refractivity contribution is -0.384. The quantitative estimate of drug-likeness (QED) is 0.633. The lowest BCUT2D eigenvalue weighted by atomic mass is 10.1. The van der Waals surface area contributed by atoms with Gasteiger partial charge in [0.25, 0.3) is 11.4 Å². The minimum atomic E-state index is -0.689. The van der Waals surface area contributed by atoms with Gasteiger partial charge in [-0.3, -0.25) is 20.2 Å². The van der Waals surface area contributed by atoms with E-state index in [9.17, 15) is 25.3 Å². The van der Waals surface area contributed by atoms with Gasteiger partial charge in [-0.15, -0.1) is 0 Å². The summed E-state index contributed by atoms with van der Waals surface area (Å²) in [7, 11) is 0. The molecule has 0 bridgehead atoms. The number of rotatable bonds is 2. The minimum Gasteiger partial charge on any atom is -0.507 e. The Kier molecular flexibility index (Phi) is 2.36. The Morgan fingerprint density at radius 3 is 2.18 bits per heavy atom. The molecule has 17 heavy (non-hydrogen) atoms. The van der Waals surface area contributed by atoms with Crippen LogP contribution in [-0.4, -0.2) is 15.0 Å². The molecule has 0 aromatic heterocycles. The van der Waals surface area contributed by atoms with E-state index in [1.807, 2.05) is 0 Å². The van der Waals surface area contributed by atoms with Gasteiger partial charge < -0.3 is 5.11 Å². The number of hydrogen-bond acceptors (Lipinski definition) is 5. The third-order valence-corrected chi connectivity index (χ3v) is 2.37. The Bertz CT molecular complexity index is 638. The van der Waals surface area contributed by atoms with Crippen LogP contribution in [0, 0.1) is 20.2 Å². The number of aromatic hydroxyl groups is 1. The Labute approximate surface area is 94.2 Å². The van der Waals surface area contributed by atoms with Gasteiger partial charge in [0, 0.05) is 12.1 Å². The smallest absolute Gasteiger partial charge is 0.281 e. The van der Waals surface area contributed by atoms with Crippen molar-refractivity contribution in [1.82, 2.24) is 0 Å². The summed E-state index contributed by atoms with van der Waals surface area (Å²) < 4.78 is 0. The van der Waals surface area contributed by atoms with Crippen LogP contribution in [0.2, 0.25) is 0 Å². The van der Waals surface area contributed by atoms with E-state index in [0.29, 0.717) is 0 Å². The molecule has 7 heteroatoms. The number of hydrogen-bond donors (Lipinski definition) is 1. The first-order chi connectivity index (χ1) is 8.02. The van der Waals surface area contributed by atoms with Crippen molar-refractivity contribution in [3.63, 3.8) is 0 Å². The summed E-state index contributed by atoms with van der Waals surface area (Å²) in [6.07, 6.45) is 0. The van der Waals surface area contributed by atoms with E-state index in [4.69, 9.17) is 0 Å². The SMILES string of the molecule is O=[N+]([O-])c1ccc(O)c2c([N+](=O)[O-])cccc12. The molecule has 0 unspecified atom stereocenters. The highest BCUT2D eigenvalue weighted by molar-refractivity contribution is 6.01. The third-order valence-electron chi connectivity index (χ3n) is 2.37. The molecule has 0 amide bonds. The topological polar surface area (TPSA) is 107 Å². The molecule has 0 aliphatic carbocycles. The van der Waals surface area contributed by atoms with Crippen LogP contribution < -0.4 is 0 Å². The molecule has 86 valence electrons. The first kappa shape index (κ1) is 10.8. The Morgan fingerprint density at radius 1 is 0.941 bits per heavy atom. The molecular formula is C10H6N2O5. The summed E-state index contributed by atoms with van der Waals surface area (Å²) in [5.74, 6) is -0.349. The Morgan fingerprint density at radius 2 is 1.59 bits per heavy atom. The molecule has 0 spiro atoms. The van der Waals surface area contributed by atoms with Gasteiger partial charge in [0.2, 0.25) is 0 Å². The van der Waals surface area contributed by atoms with Gasteiger partial charge in [0.15, 0.2) is 0 Å². The molecule has 1 N–H and O–H groups in total. The summed E-state index contributed by atoms with van der Waals surface area (Å²) in [5, 5.41) is 31.0. The predicted octanol–water partition coefficient (Wildman–Crippen LogP) is 2.36. The maximum Gasteiger partial charge on any atom is 0.281 e. The van der Waals surface area contributed by atoms with Crippen LogP contribution in [0.3, 0.4) is 0 Å². The second-order valence-electron chi connectivity index (χ2n) is 3.32. The first-order valence-corrected chi connectivity index (χ1v) is 4.56. The highest BCUT2D eigenvalue weighted by atomic mass is 16.6. The molecule has 0 saturated heterocycles. The summed E-state index contributed by atoms with van der Waals surface area (Å²) in [6, 6.07) is 6.08.